The summed E-state index contributed by atoms with van der Waals surface area (Å²) in [6.45, 7) is 6.06. The molecule has 28 heavy (non-hydrogen) atoms. The third-order valence-electron chi connectivity index (χ3n) is 3.43. The maximum atomic E-state index is 11.0. The molecule has 0 aliphatic carbocycles. The van der Waals surface area contributed by atoms with Crippen molar-refractivity contribution >= 4 is 96.3 Å². The zero-order valence-corrected chi connectivity index (χ0v) is 24.0. The first-order chi connectivity index (χ1) is 12.9. The molecule has 3 N–H and O–H groups in total. The number of benzene rings is 2. The lowest BCUT2D eigenvalue weighted by molar-refractivity contribution is -0.138. The van der Waals surface area contributed by atoms with Crippen molar-refractivity contribution in [1.29, 1.82) is 0 Å². The molecule has 9 heteroatoms. The van der Waals surface area contributed by atoms with Gasteiger partial charge in [0.25, 0.3) is 0 Å². The van der Waals surface area contributed by atoms with Crippen LogP contribution in [0.4, 0.5) is 0 Å². The van der Waals surface area contributed by atoms with Gasteiger partial charge in [-0.1, -0.05) is 0 Å². The van der Waals surface area contributed by atoms with Crippen molar-refractivity contribution in [3.63, 3.8) is 0 Å². The highest BCUT2D eigenvalue weighted by molar-refractivity contribution is 14.1. The molecule has 0 aromatic heterocycles. The van der Waals surface area contributed by atoms with Crippen LogP contribution in [0.1, 0.15) is 26.3 Å². The minimum absolute atomic E-state index is 0.274. The lowest BCUT2D eigenvalue weighted by Gasteiger charge is -2.23. The predicted octanol–water partition coefficient (Wildman–Crippen LogP) is 6.03. The Balaban J connectivity index is 2.29. The Morgan fingerprint density at radius 1 is 1.00 bits per heavy atom. The fourth-order valence-corrected chi connectivity index (χ4v) is 6.33. The topological polar surface area (TPSA) is 81.8 Å². The van der Waals surface area contributed by atoms with Crippen LogP contribution in [0.2, 0.25) is 0 Å². The summed E-state index contributed by atoms with van der Waals surface area (Å²) in [6, 6.07) is 6.80. The van der Waals surface area contributed by atoms with E-state index in [4.69, 9.17) is 20.3 Å². The van der Waals surface area contributed by atoms with Crippen LogP contribution in [-0.4, -0.2) is 22.7 Å². The molecule has 5 nitrogen and oxygen atoms in total. The maximum Gasteiger partial charge on any atom is 0.320 e. The second-order valence-electron chi connectivity index (χ2n) is 7.07. The van der Waals surface area contributed by atoms with Crippen molar-refractivity contribution in [3.05, 3.63) is 44.1 Å². The Hall–Kier alpha value is 0.390. The van der Waals surface area contributed by atoms with E-state index in [1.807, 2.05) is 45.0 Å². The van der Waals surface area contributed by atoms with Gasteiger partial charge in [0.05, 0.1) is 14.3 Å². The second-order valence-corrected chi connectivity index (χ2v) is 11.7. The van der Waals surface area contributed by atoms with Gasteiger partial charge in [0, 0.05) is 0 Å². The number of rotatable bonds is 6. The average Bonchev–Trinajstić information content (AvgIpc) is 2.53. The number of nitrogens with two attached hydrogens (primary N) is 1. The van der Waals surface area contributed by atoms with Gasteiger partial charge in [0.2, 0.25) is 0 Å². The first-order valence-electron chi connectivity index (χ1n) is 8.19. The Labute approximate surface area is 219 Å². The molecule has 0 saturated carbocycles. The van der Waals surface area contributed by atoms with E-state index in [0.29, 0.717) is 0 Å². The molecule has 0 unspecified atom stereocenters. The Bertz CT molecular complexity index is 850. The number of carboxylic acids is 1. The molecule has 0 heterocycles. The highest BCUT2D eigenvalue weighted by atomic mass is 127. The fraction of sp³-hybridized carbons (Fsp3) is 0.316. The molecule has 0 aliphatic rings. The molecule has 0 amide bonds. The van der Waals surface area contributed by atoms with Gasteiger partial charge < -0.3 is 20.3 Å². The van der Waals surface area contributed by atoms with Gasteiger partial charge >= 0.3 is 5.97 Å². The standard InChI is InChI=1S/C19H19I4NO4/c1-19(2,3)28-17-13(22)7-10(8-14(17)23)27-16-11(20)4-9(5-12(16)21)6-15(24)18(25)26/h4-5,7-8,15H,6,24H2,1-3H3,(H,25,26)/t15-/m0/s1. The fourth-order valence-electron chi connectivity index (χ4n) is 2.29. The molecule has 0 saturated heterocycles. The summed E-state index contributed by atoms with van der Waals surface area (Å²) in [6.07, 6.45) is 0.274. The highest BCUT2D eigenvalue weighted by Crippen LogP contribution is 2.38. The molecule has 0 aliphatic heterocycles. The van der Waals surface area contributed by atoms with Gasteiger partial charge in [-0.2, -0.15) is 0 Å². The van der Waals surface area contributed by atoms with E-state index < -0.39 is 12.0 Å². The second kappa shape index (κ2) is 10.1. The molecule has 0 bridgehead atoms. The number of hydrogen-bond acceptors (Lipinski definition) is 4. The molecular formula is C19H19I4NO4. The Morgan fingerprint density at radius 2 is 1.46 bits per heavy atom. The first-order valence-corrected chi connectivity index (χ1v) is 12.5. The van der Waals surface area contributed by atoms with Gasteiger partial charge in [0.1, 0.15) is 23.1 Å². The van der Waals surface area contributed by atoms with E-state index in [-0.39, 0.29) is 12.0 Å². The zero-order chi connectivity index (χ0) is 21.2. The zero-order valence-electron chi connectivity index (χ0n) is 15.4. The van der Waals surface area contributed by atoms with E-state index in [0.717, 1.165) is 37.1 Å². The summed E-state index contributed by atoms with van der Waals surface area (Å²) in [7, 11) is 0. The lowest BCUT2D eigenvalue weighted by Crippen LogP contribution is -2.32. The van der Waals surface area contributed by atoms with Crippen LogP contribution in [0.25, 0.3) is 0 Å². The third-order valence-corrected chi connectivity index (χ3v) is 6.64. The molecular weight excluding hydrogens is 814 g/mol. The van der Waals surface area contributed by atoms with Gasteiger partial charge in [-0.05, 0) is 147 Å². The summed E-state index contributed by atoms with van der Waals surface area (Å²) in [4.78, 5) is 11.0. The SMILES string of the molecule is CC(C)(C)Oc1c(I)cc(Oc2c(I)cc(C[C@H](N)C(=O)O)cc2I)cc1I. The molecule has 1 atom stereocenters. The smallest absolute Gasteiger partial charge is 0.320 e. The van der Waals surface area contributed by atoms with Gasteiger partial charge in [0.15, 0.2) is 5.75 Å². The minimum Gasteiger partial charge on any atom is -0.486 e. The van der Waals surface area contributed by atoms with Crippen molar-refractivity contribution in [2.45, 2.75) is 38.8 Å². The van der Waals surface area contributed by atoms with E-state index >= 15 is 0 Å². The first kappa shape index (κ1) is 24.7. The minimum atomic E-state index is -1.01. The van der Waals surface area contributed by atoms with Crippen LogP contribution < -0.4 is 15.2 Å². The van der Waals surface area contributed by atoms with E-state index in [9.17, 15) is 4.79 Å². The quantitative estimate of drug-likeness (QED) is 0.348. The van der Waals surface area contributed by atoms with Gasteiger partial charge in [-0.25, -0.2) is 0 Å². The van der Waals surface area contributed by atoms with Crippen LogP contribution in [0.3, 0.4) is 0 Å². The predicted molar refractivity (Wildman–Crippen MR) is 144 cm³/mol. The molecule has 152 valence electrons. The van der Waals surface area contributed by atoms with E-state index in [1.165, 1.54) is 0 Å². The summed E-state index contributed by atoms with van der Waals surface area (Å²) in [5, 5.41) is 9.01. The average molecular weight is 833 g/mol. The number of carbonyl (C=O) groups is 1. The molecule has 0 radical (unpaired) electrons. The van der Waals surface area contributed by atoms with Crippen molar-refractivity contribution < 1.29 is 19.4 Å². The summed E-state index contributed by atoms with van der Waals surface area (Å²) in [5.74, 6) is 1.31. The monoisotopic (exact) mass is 833 g/mol. The third kappa shape index (κ3) is 6.97. The van der Waals surface area contributed by atoms with Crippen LogP contribution in [-0.2, 0) is 11.2 Å². The van der Waals surface area contributed by atoms with Crippen LogP contribution in [0, 0.1) is 14.3 Å². The Kier molecular flexibility index (Phi) is 8.92. The number of halogens is 4. The molecule has 0 fully saturated rings. The van der Waals surface area contributed by atoms with E-state index in [2.05, 4.69) is 90.4 Å². The maximum absolute atomic E-state index is 11.0. The number of ether oxygens (including phenoxy) is 2. The Morgan fingerprint density at radius 3 is 1.89 bits per heavy atom. The van der Waals surface area contributed by atoms with Crippen molar-refractivity contribution in [3.8, 4) is 17.2 Å². The molecule has 0 spiro atoms. The number of carboxylic acid groups (broad SMARTS) is 1. The molecule has 2 rings (SSSR count). The van der Waals surface area contributed by atoms with Crippen LogP contribution in [0.15, 0.2) is 24.3 Å². The van der Waals surface area contributed by atoms with Crippen LogP contribution >= 0.6 is 90.4 Å². The van der Waals surface area contributed by atoms with Gasteiger partial charge in [-0.3, -0.25) is 4.79 Å². The van der Waals surface area contributed by atoms with E-state index in [1.54, 1.807) is 0 Å². The summed E-state index contributed by atoms with van der Waals surface area (Å²) < 4.78 is 16.0. The normalized spacial score (nSPS) is 12.6. The number of hydrogen-bond donors (Lipinski definition) is 2. The molecule has 2 aromatic carbocycles. The van der Waals surface area contributed by atoms with Crippen molar-refractivity contribution in [2.75, 3.05) is 0 Å². The molecule has 2 aromatic rings. The highest BCUT2D eigenvalue weighted by Gasteiger charge is 2.19. The van der Waals surface area contributed by atoms with Gasteiger partial charge in [-0.15, -0.1) is 0 Å². The lowest BCUT2D eigenvalue weighted by atomic mass is 10.1. The largest absolute Gasteiger partial charge is 0.486 e. The summed E-state index contributed by atoms with van der Waals surface area (Å²) in [5.41, 5.74) is 6.24. The number of aliphatic carboxylic acids is 1. The van der Waals surface area contributed by atoms with Crippen molar-refractivity contribution in [2.24, 2.45) is 5.73 Å². The summed E-state index contributed by atoms with van der Waals surface area (Å²) >= 11 is 8.90. The van der Waals surface area contributed by atoms with Crippen molar-refractivity contribution in [1.82, 2.24) is 0 Å². The van der Waals surface area contributed by atoms with Crippen LogP contribution in [0.5, 0.6) is 17.2 Å².